The molecule has 1 N–H and O–H groups in total. The first kappa shape index (κ1) is 24.0. The molecule has 0 aliphatic carbocycles. The zero-order valence-corrected chi connectivity index (χ0v) is 20.7. The van der Waals surface area contributed by atoms with Gasteiger partial charge in [-0.25, -0.2) is 4.99 Å². The number of ether oxygens (including phenoxy) is 2. The highest BCUT2D eigenvalue weighted by Gasteiger charge is 2.42. The van der Waals surface area contributed by atoms with Gasteiger partial charge < -0.3 is 19.7 Å². The number of aliphatic imine (C=N–C) groups is 1. The van der Waals surface area contributed by atoms with Gasteiger partial charge in [0, 0.05) is 31.7 Å². The van der Waals surface area contributed by atoms with Crippen molar-refractivity contribution >= 4 is 29.9 Å². The number of nitrogens with one attached hydrogen (secondary N) is 1. The molecule has 5 nitrogen and oxygen atoms in total. The van der Waals surface area contributed by atoms with Gasteiger partial charge in [0.15, 0.2) is 5.96 Å². The van der Waals surface area contributed by atoms with Gasteiger partial charge in [-0.3, -0.25) is 0 Å². The molecular weight excluding hydrogens is 501 g/mol. The van der Waals surface area contributed by atoms with Crippen molar-refractivity contribution in [2.75, 3.05) is 32.8 Å². The van der Waals surface area contributed by atoms with Crippen LogP contribution in [0.4, 0.5) is 0 Å². The number of rotatable bonds is 7. The average Bonchev–Trinajstić information content (AvgIpc) is 3.42. The van der Waals surface area contributed by atoms with Crippen molar-refractivity contribution in [1.29, 1.82) is 0 Å². The third-order valence-corrected chi connectivity index (χ3v) is 6.04. The lowest BCUT2D eigenvalue weighted by Gasteiger charge is -2.25. The summed E-state index contributed by atoms with van der Waals surface area (Å²) in [6, 6.07) is 18.9. The molecule has 0 radical (unpaired) electrons. The van der Waals surface area contributed by atoms with E-state index in [-0.39, 0.29) is 24.0 Å². The first-order chi connectivity index (χ1) is 14.8. The highest BCUT2D eigenvalue weighted by Crippen LogP contribution is 2.38. The fourth-order valence-electron chi connectivity index (χ4n) is 4.36. The quantitative estimate of drug-likeness (QED) is 0.320. The first-order valence-electron chi connectivity index (χ1n) is 11.1. The minimum Gasteiger partial charge on any atom is -0.381 e. The standard InChI is InChI=1S/C25H33N3O2.HI/c1-2-26-24(28-13-11-25(19-28)12-14-29-20-25)27-16-22-9-6-10-23(15-22)18-30-17-21-7-4-3-5-8-21;/h3-10,15H,2,11-14,16-20H2,1H3,(H,26,27);1H. The third-order valence-electron chi connectivity index (χ3n) is 6.04. The summed E-state index contributed by atoms with van der Waals surface area (Å²) in [4.78, 5) is 7.35. The van der Waals surface area contributed by atoms with Gasteiger partial charge in [-0.1, -0.05) is 54.6 Å². The van der Waals surface area contributed by atoms with Crippen LogP contribution in [-0.2, 0) is 29.2 Å². The predicted molar refractivity (Wildman–Crippen MR) is 136 cm³/mol. The van der Waals surface area contributed by atoms with Crippen LogP contribution in [0.3, 0.4) is 0 Å². The molecule has 2 aromatic carbocycles. The van der Waals surface area contributed by atoms with Crippen LogP contribution in [0.25, 0.3) is 0 Å². The molecule has 0 bridgehead atoms. The summed E-state index contributed by atoms with van der Waals surface area (Å²) in [5.74, 6) is 1.02. The van der Waals surface area contributed by atoms with Gasteiger partial charge in [-0.2, -0.15) is 0 Å². The Morgan fingerprint density at radius 1 is 1.06 bits per heavy atom. The Morgan fingerprint density at radius 3 is 2.61 bits per heavy atom. The van der Waals surface area contributed by atoms with E-state index in [0.717, 1.165) is 38.8 Å². The van der Waals surface area contributed by atoms with E-state index in [0.29, 0.717) is 25.2 Å². The highest BCUT2D eigenvalue weighted by molar-refractivity contribution is 14.0. The molecule has 4 rings (SSSR count). The molecule has 31 heavy (non-hydrogen) atoms. The molecule has 2 saturated heterocycles. The minimum absolute atomic E-state index is 0. The zero-order valence-electron chi connectivity index (χ0n) is 18.4. The monoisotopic (exact) mass is 535 g/mol. The summed E-state index contributed by atoms with van der Waals surface area (Å²) in [6.07, 6.45) is 2.37. The molecule has 2 fully saturated rings. The maximum absolute atomic E-state index is 5.89. The molecule has 2 aliphatic heterocycles. The molecule has 168 valence electrons. The maximum atomic E-state index is 5.89. The van der Waals surface area contributed by atoms with Crippen LogP contribution in [0.15, 0.2) is 59.6 Å². The normalized spacial score (nSPS) is 20.8. The van der Waals surface area contributed by atoms with Crippen molar-refractivity contribution < 1.29 is 9.47 Å². The smallest absolute Gasteiger partial charge is 0.194 e. The van der Waals surface area contributed by atoms with Crippen LogP contribution in [0.2, 0.25) is 0 Å². The van der Waals surface area contributed by atoms with E-state index in [9.17, 15) is 0 Å². The maximum Gasteiger partial charge on any atom is 0.194 e. The molecule has 2 aromatic rings. The largest absolute Gasteiger partial charge is 0.381 e. The second-order valence-electron chi connectivity index (χ2n) is 8.44. The van der Waals surface area contributed by atoms with Crippen molar-refractivity contribution in [3.63, 3.8) is 0 Å². The Morgan fingerprint density at radius 2 is 1.84 bits per heavy atom. The zero-order chi connectivity index (χ0) is 20.7. The Balaban J connectivity index is 0.00000272. The summed E-state index contributed by atoms with van der Waals surface area (Å²) in [5.41, 5.74) is 3.94. The topological polar surface area (TPSA) is 46.1 Å². The molecule has 0 aromatic heterocycles. The van der Waals surface area contributed by atoms with E-state index >= 15 is 0 Å². The van der Waals surface area contributed by atoms with Gasteiger partial charge in [0.2, 0.25) is 0 Å². The molecule has 2 aliphatic rings. The van der Waals surface area contributed by atoms with E-state index in [1.807, 2.05) is 18.2 Å². The van der Waals surface area contributed by atoms with Crippen LogP contribution in [0.5, 0.6) is 0 Å². The van der Waals surface area contributed by atoms with Crippen molar-refractivity contribution in [2.45, 2.75) is 39.5 Å². The molecule has 0 saturated carbocycles. The molecular formula is C25H34IN3O2. The van der Waals surface area contributed by atoms with Gasteiger partial charge in [0.1, 0.15) is 0 Å². The van der Waals surface area contributed by atoms with Crippen LogP contribution >= 0.6 is 24.0 Å². The number of halogens is 1. The lowest BCUT2D eigenvalue weighted by atomic mass is 9.87. The van der Waals surface area contributed by atoms with Crippen molar-refractivity contribution in [3.8, 4) is 0 Å². The highest BCUT2D eigenvalue weighted by atomic mass is 127. The van der Waals surface area contributed by atoms with Crippen molar-refractivity contribution in [3.05, 3.63) is 71.3 Å². The molecule has 1 atom stereocenters. The summed E-state index contributed by atoms with van der Waals surface area (Å²) in [6.45, 7) is 8.84. The fourth-order valence-corrected chi connectivity index (χ4v) is 4.36. The van der Waals surface area contributed by atoms with Crippen LogP contribution in [0.1, 0.15) is 36.5 Å². The van der Waals surface area contributed by atoms with Gasteiger partial charge in [-0.05, 0) is 36.5 Å². The molecule has 6 heteroatoms. The Bertz CT molecular complexity index is 838. The molecule has 0 amide bonds. The van der Waals surface area contributed by atoms with E-state index in [4.69, 9.17) is 14.5 Å². The van der Waals surface area contributed by atoms with E-state index in [1.165, 1.54) is 29.5 Å². The van der Waals surface area contributed by atoms with Crippen molar-refractivity contribution in [2.24, 2.45) is 10.4 Å². The second kappa shape index (κ2) is 11.8. The minimum atomic E-state index is 0. The van der Waals surface area contributed by atoms with Gasteiger partial charge >= 0.3 is 0 Å². The van der Waals surface area contributed by atoms with Crippen LogP contribution in [-0.4, -0.2) is 43.7 Å². The molecule has 1 unspecified atom stereocenters. The van der Waals surface area contributed by atoms with Crippen LogP contribution < -0.4 is 5.32 Å². The molecule has 2 heterocycles. The SMILES string of the molecule is CCNC(=NCc1cccc(COCc2ccccc2)c1)N1CCC2(CCOC2)C1.I. The number of likely N-dealkylation sites (tertiary alicyclic amines) is 1. The summed E-state index contributed by atoms with van der Waals surface area (Å²) in [7, 11) is 0. The summed E-state index contributed by atoms with van der Waals surface area (Å²) >= 11 is 0. The lowest BCUT2D eigenvalue weighted by molar-refractivity contribution is 0.107. The number of guanidine groups is 1. The molecule has 1 spiro atoms. The van der Waals surface area contributed by atoms with Crippen molar-refractivity contribution in [1.82, 2.24) is 10.2 Å². The second-order valence-corrected chi connectivity index (χ2v) is 8.44. The summed E-state index contributed by atoms with van der Waals surface area (Å²) < 4.78 is 11.6. The Hall–Kier alpha value is -1.64. The number of benzene rings is 2. The van der Waals surface area contributed by atoms with E-state index in [2.05, 4.69) is 53.5 Å². The van der Waals surface area contributed by atoms with Crippen LogP contribution in [0, 0.1) is 5.41 Å². The summed E-state index contributed by atoms with van der Waals surface area (Å²) in [5, 5.41) is 3.48. The number of hydrogen-bond acceptors (Lipinski definition) is 3. The number of nitrogens with zero attached hydrogens (tertiary/aromatic N) is 2. The van der Waals surface area contributed by atoms with E-state index < -0.39 is 0 Å². The Kier molecular flexibility index (Phi) is 9.16. The number of hydrogen-bond donors (Lipinski definition) is 1. The Labute approximate surface area is 203 Å². The van der Waals surface area contributed by atoms with Gasteiger partial charge in [0.25, 0.3) is 0 Å². The first-order valence-corrected chi connectivity index (χ1v) is 11.1. The average molecular weight is 535 g/mol. The fraction of sp³-hybridized carbons (Fsp3) is 0.480. The van der Waals surface area contributed by atoms with Gasteiger partial charge in [0.05, 0.1) is 26.4 Å². The lowest BCUT2D eigenvalue weighted by Crippen LogP contribution is -2.41. The van der Waals surface area contributed by atoms with Gasteiger partial charge in [-0.15, -0.1) is 24.0 Å². The van der Waals surface area contributed by atoms with E-state index in [1.54, 1.807) is 0 Å². The predicted octanol–water partition coefficient (Wildman–Crippen LogP) is 4.60. The third kappa shape index (κ3) is 6.67.